The monoisotopic (exact) mass is 211 g/mol. The highest BCUT2D eigenvalue weighted by molar-refractivity contribution is 6.15. The molecule has 0 bridgehead atoms. The van der Waals surface area contributed by atoms with E-state index in [1.54, 1.807) is 0 Å². The van der Waals surface area contributed by atoms with Crippen molar-refractivity contribution in [3.63, 3.8) is 0 Å². The van der Waals surface area contributed by atoms with E-state index in [0.29, 0.717) is 13.1 Å². The lowest BCUT2D eigenvalue weighted by atomic mass is 10.2. The molecule has 0 saturated carbocycles. The first-order chi connectivity index (χ1) is 7.07. The molecular formula is C9H13N3O3. The number of hydrogen-bond acceptors (Lipinski definition) is 4. The predicted molar refractivity (Wildman–Crippen MR) is 52.5 cm³/mol. The third kappa shape index (κ3) is 2.41. The van der Waals surface area contributed by atoms with E-state index in [4.69, 9.17) is 5.73 Å². The summed E-state index contributed by atoms with van der Waals surface area (Å²) >= 11 is 0. The zero-order valence-corrected chi connectivity index (χ0v) is 8.40. The van der Waals surface area contributed by atoms with Gasteiger partial charge in [0.25, 0.3) is 11.8 Å². The number of rotatable bonds is 4. The third-order valence-electron chi connectivity index (χ3n) is 2.05. The minimum atomic E-state index is -0.799. The number of nitrogens with zero attached hydrogens (tertiary/aromatic N) is 1. The van der Waals surface area contributed by atoms with E-state index >= 15 is 0 Å². The summed E-state index contributed by atoms with van der Waals surface area (Å²) in [5, 5.41) is 2.51. The Hall–Kier alpha value is -1.69. The quantitative estimate of drug-likeness (QED) is 0.546. The average molecular weight is 211 g/mol. The van der Waals surface area contributed by atoms with E-state index in [2.05, 4.69) is 5.32 Å². The fraction of sp³-hybridized carbons (Fsp3) is 0.444. The molecule has 0 aromatic carbocycles. The van der Waals surface area contributed by atoms with Crippen molar-refractivity contribution in [3.8, 4) is 0 Å². The number of carbonyl (C=O) groups excluding carboxylic acids is 3. The van der Waals surface area contributed by atoms with Crippen LogP contribution in [0.2, 0.25) is 0 Å². The Morgan fingerprint density at radius 1 is 1.47 bits per heavy atom. The standard InChI is InChI=1S/C9H13N3O3/c1-6(9(15)11-5-4-10)12-7(13)2-3-8(12)14/h2-3,6H,4-5,10H2,1H3,(H,11,15). The second-order valence-corrected chi connectivity index (χ2v) is 3.14. The summed E-state index contributed by atoms with van der Waals surface area (Å²) in [5.74, 6) is -1.31. The molecule has 1 aliphatic rings. The van der Waals surface area contributed by atoms with Crippen LogP contribution in [0.25, 0.3) is 0 Å². The number of hydrogen-bond donors (Lipinski definition) is 2. The van der Waals surface area contributed by atoms with Gasteiger partial charge in [0.05, 0.1) is 0 Å². The van der Waals surface area contributed by atoms with E-state index < -0.39 is 17.9 Å². The van der Waals surface area contributed by atoms with E-state index in [1.807, 2.05) is 0 Å². The molecule has 6 heteroatoms. The minimum Gasteiger partial charge on any atom is -0.353 e. The second kappa shape index (κ2) is 4.70. The van der Waals surface area contributed by atoms with Crippen LogP contribution < -0.4 is 11.1 Å². The maximum atomic E-state index is 11.4. The Kier molecular flexibility index (Phi) is 3.56. The maximum absolute atomic E-state index is 11.4. The molecule has 3 amide bonds. The number of carbonyl (C=O) groups is 3. The Morgan fingerprint density at radius 2 is 2.00 bits per heavy atom. The van der Waals surface area contributed by atoms with Crippen LogP contribution in [0.3, 0.4) is 0 Å². The number of nitrogens with two attached hydrogens (primary N) is 1. The lowest BCUT2D eigenvalue weighted by molar-refractivity contribution is -0.144. The molecule has 0 aromatic heterocycles. The third-order valence-corrected chi connectivity index (χ3v) is 2.05. The van der Waals surface area contributed by atoms with Crippen LogP contribution in [-0.4, -0.2) is 41.8 Å². The van der Waals surface area contributed by atoms with Gasteiger partial charge in [0.2, 0.25) is 5.91 Å². The van der Waals surface area contributed by atoms with Gasteiger partial charge in [-0.2, -0.15) is 0 Å². The highest BCUT2D eigenvalue weighted by Gasteiger charge is 2.32. The van der Waals surface area contributed by atoms with Gasteiger partial charge < -0.3 is 11.1 Å². The Labute approximate surface area is 87.1 Å². The predicted octanol–water partition coefficient (Wildman–Crippen LogP) is -1.63. The van der Waals surface area contributed by atoms with Gasteiger partial charge in [-0.15, -0.1) is 0 Å². The minimum absolute atomic E-state index is 0.318. The van der Waals surface area contributed by atoms with Gasteiger partial charge in [0, 0.05) is 25.2 Å². The van der Waals surface area contributed by atoms with E-state index in [9.17, 15) is 14.4 Å². The highest BCUT2D eigenvalue weighted by atomic mass is 16.2. The molecule has 1 unspecified atom stereocenters. The van der Waals surface area contributed by atoms with Crippen molar-refractivity contribution in [3.05, 3.63) is 12.2 Å². The van der Waals surface area contributed by atoms with Crippen LogP contribution in [-0.2, 0) is 14.4 Å². The topological polar surface area (TPSA) is 92.5 Å². The summed E-state index contributed by atoms with van der Waals surface area (Å²) < 4.78 is 0. The zero-order chi connectivity index (χ0) is 11.4. The normalized spacial score (nSPS) is 17.1. The smallest absolute Gasteiger partial charge is 0.254 e. The highest BCUT2D eigenvalue weighted by Crippen LogP contribution is 2.08. The van der Waals surface area contributed by atoms with Gasteiger partial charge in [0.15, 0.2) is 0 Å². The molecule has 1 rings (SSSR count). The fourth-order valence-electron chi connectivity index (χ4n) is 1.25. The molecule has 0 spiro atoms. The summed E-state index contributed by atoms with van der Waals surface area (Å²) in [6.07, 6.45) is 2.30. The molecule has 0 fully saturated rings. The van der Waals surface area contributed by atoms with Crippen molar-refractivity contribution < 1.29 is 14.4 Å². The van der Waals surface area contributed by atoms with E-state index in [-0.39, 0.29) is 5.91 Å². The largest absolute Gasteiger partial charge is 0.353 e. The fourth-order valence-corrected chi connectivity index (χ4v) is 1.25. The SMILES string of the molecule is CC(C(=O)NCCN)N1C(=O)C=CC1=O. The van der Waals surface area contributed by atoms with Crippen LogP contribution in [0, 0.1) is 0 Å². The molecule has 0 aromatic rings. The van der Waals surface area contributed by atoms with Gasteiger partial charge in [-0.3, -0.25) is 19.3 Å². The van der Waals surface area contributed by atoms with Gasteiger partial charge in [0.1, 0.15) is 6.04 Å². The van der Waals surface area contributed by atoms with Crippen LogP contribution in [0.1, 0.15) is 6.92 Å². The molecule has 0 saturated heterocycles. The summed E-state index contributed by atoms with van der Waals surface area (Å²) in [7, 11) is 0. The van der Waals surface area contributed by atoms with Crippen molar-refractivity contribution in [2.45, 2.75) is 13.0 Å². The Balaban J connectivity index is 2.60. The maximum Gasteiger partial charge on any atom is 0.254 e. The molecule has 15 heavy (non-hydrogen) atoms. The van der Waals surface area contributed by atoms with Crippen molar-refractivity contribution in [1.82, 2.24) is 10.2 Å². The van der Waals surface area contributed by atoms with E-state index in [1.165, 1.54) is 6.92 Å². The molecule has 82 valence electrons. The first-order valence-corrected chi connectivity index (χ1v) is 4.61. The molecule has 0 aliphatic carbocycles. The first kappa shape index (κ1) is 11.4. The molecule has 0 radical (unpaired) electrons. The first-order valence-electron chi connectivity index (χ1n) is 4.61. The number of imide groups is 1. The van der Waals surface area contributed by atoms with Crippen LogP contribution in [0.4, 0.5) is 0 Å². The van der Waals surface area contributed by atoms with Crippen LogP contribution >= 0.6 is 0 Å². The molecule has 1 aliphatic heterocycles. The lowest BCUT2D eigenvalue weighted by Crippen LogP contribution is -2.48. The van der Waals surface area contributed by atoms with Crippen molar-refractivity contribution >= 4 is 17.7 Å². The summed E-state index contributed by atoms with van der Waals surface area (Å²) in [4.78, 5) is 34.8. The van der Waals surface area contributed by atoms with Gasteiger partial charge in [-0.1, -0.05) is 0 Å². The lowest BCUT2D eigenvalue weighted by Gasteiger charge is -2.21. The van der Waals surface area contributed by atoms with Gasteiger partial charge >= 0.3 is 0 Å². The summed E-state index contributed by atoms with van der Waals surface area (Å²) in [6, 6.07) is -0.799. The van der Waals surface area contributed by atoms with Gasteiger partial charge in [-0.25, -0.2) is 0 Å². The van der Waals surface area contributed by atoms with E-state index in [0.717, 1.165) is 17.1 Å². The Morgan fingerprint density at radius 3 is 2.47 bits per heavy atom. The van der Waals surface area contributed by atoms with Crippen molar-refractivity contribution in [1.29, 1.82) is 0 Å². The summed E-state index contributed by atoms with van der Waals surface area (Å²) in [5.41, 5.74) is 5.21. The number of nitrogens with one attached hydrogen (secondary N) is 1. The molecule has 1 atom stereocenters. The van der Waals surface area contributed by atoms with Gasteiger partial charge in [-0.05, 0) is 6.92 Å². The number of amides is 3. The summed E-state index contributed by atoms with van der Waals surface area (Å²) in [6.45, 7) is 2.14. The van der Waals surface area contributed by atoms with Crippen LogP contribution in [0.5, 0.6) is 0 Å². The molecule has 1 heterocycles. The van der Waals surface area contributed by atoms with Crippen LogP contribution in [0.15, 0.2) is 12.2 Å². The average Bonchev–Trinajstić information content (AvgIpc) is 2.54. The molecule has 6 nitrogen and oxygen atoms in total. The second-order valence-electron chi connectivity index (χ2n) is 3.14. The van der Waals surface area contributed by atoms with Crippen molar-refractivity contribution in [2.75, 3.05) is 13.1 Å². The Bertz CT molecular complexity index is 307. The van der Waals surface area contributed by atoms with Crippen molar-refractivity contribution in [2.24, 2.45) is 5.73 Å². The zero-order valence-electron chi connectivity index (χ0n) is 8.40. The molecular weight excluding hydrogens is 198 g/mol. The molecule has 3 N–H and O–H groups in total.